The summed E-state index contributed by atoms with van der Waals surface area (Å²) in [6, 6.07) is 7.97. The van der Waals surface area contributed by atoms with E-state index in [-0.39, 0.29) is 5.41 Å². The summed E-state index contributed by atoms with van der Waals surface area (Å²) in [5.41, 5.74) is 0.922. The predicted octanol–water partition coefficient (Wildman–Crippen LogP) is 3.63. The zero-order valence-electron chi connectivity index (χ0n) is 11.2. The van der Waals surface area contributed by atoms with Crippen LogP contribution in [0.2, 0.25) is 0 Å². The molecule has 0 aliphatic heterocycles. The van der Waals surface area contributed by atoms with Crippen LogP contribution >= 0.6 is 0 Å². The summed E-state index contributed by atoms with van der Waals surface area (Å²) in [6.07, 6.45) is 1.39. The molecular weight excluding hydrogens is 212 g/mol. The summed E-state index contributed by atoms with van der Waals surface area (Å²) in [6.45, 7) is 8.53. The van der Waals surface area contributed by atoms with E-state index in [1.54, 1.807) is 0 Å². The standard InChI is InChI=1S/C15H22O2/c1-5-17-13-8-6-7-12(11-13)9-10-14(16)15(2,3)4/h6-8,11H,5,9-10H2,1-4H3. The summed E-state index contributed by atoms with van der Waals surface area (Å²) in [5.74, 6) is 1.19. The third kappa shape index (κ3) is 4.59. The molecule has 0 aliphatic carbocycles. The summed E-state index contributed by atoms with van der Waals surface area (Å²) in [4.78, 5) is 11.8. The molecule has 2 nitrogen and oxygen atoms in total. The summed E-state index contributed by atoms with van der Waals surface area (Å²) >= 11 is 0. The van der Waals surface area contributed by atoms with Crippen molar-refractivity contribution in [1.29, 1.82) is 0 Å². The van der Waals surface area contributed by atoms with Gasteiger partial charge in [0.25, 0.3) is 0 Å². The van der Waals surface area contributed by atoms with E-state index < -0.39 is 0 Å². The van der Waals surface area contributed by atoms with Crippen molar-refractivity contribution < 1.29 is 9.53 Å². The Labute approximate surface area is 104 Å². The highest BCUT2D eigenvalue weighted by molar-refractivity contribution is 5.83. The fourth-order valence-corrected chi connectivity index (χ4v) is 1.59. The minimum Gasteiger partial charge on any atom is -0.494 e. The number of rotatable bonds is 5. The van der Waals surface area contributed by atoms with Crippen LogP contribution in [-0.2, 0) is 11.2 Å². The third-order valence-corrected chi connectivity index (χ3v) is 2.69. The number of hydrogen-bond acceptors (Lipinski definition) is 2. The van der Waals surface area contributed by atoms with E-state index in [0.29, 0.717) is 18.8 Å². The molecule has 0 unspecified atom stereocenters. The maximum absolute atomic E-state index is 11.8. The van der Waals surface area contributed by atoms with Gasteiger partial charge in [0.05, 0.1) is 6.61 Å². The molecule has 0 spiro atoms. The monoisotopic (exact) mass is 234 g/mol. The quantitative estimate of drug-likeness (QED) is 0.777. The van der Waals surface area contributed by atoms with Gasteiger partial charge < -0.3 is 4.74 Å². The number of hydrogen-bond donors (Lipinski definition) is 0. The van der Waals surface area contributed by atoms with E-state index in [2.05, 4.69) is 0 Å². The molecule has 0 bridgehead atoms. The average Bonchev–Trinajstić information content (AvgIpc) is 2.25. The second-order valence-electron chi connectivity index (χ2n) is 5.25. The van der Waals surface area contributed by atoms with Crippen molar-refractivity contribution in [3.8, 4) is 5.75 Å². The van der Waals surface area contributed by atoms with Gasteiger partial charge in [0.15, 0.2) is 0 Å². The fourth-order valence-electron chi connectivity index (χ4n) is 1.59. The van der Waals surface area contributed by atoms with Gasteiger partial charge in [-0.3, -0.25) is 4.79 Å². The van der Waals surface area contributed by atoms with E-state index >= 15 is 0 Å². The van der Waals surface area contributed by atoms with E-state index in [0.717, 1.165) is 17.7 Å². The van der Waals surface area contributed by atoms with Crippen molar-refractivity contribution >= 4 is 5.78 Å². The molecular formula is C15H22O2. The highest BCUT2D eigenvalue weighted by Gasteiger charge is 2.20. The first kappa shape index (κ1) is 13.8. The average molecular weight is 234 g/mol. The second-order valence-corrected chi connectivity index (χ2v) is 5.25. The lowest BCUT2D eigenvalue weighted by molar-refractivity contribution is -0.126. The van der Waals surface area contributed by atoms with Crippen molar-refractivity contribution in [1.82, 2.24) is 0 Å². The molecule has 0 aromatic heterocycles. The molecule has 0 amide bonds. The Balaban J connectivity index is 2.57. The largest absolute Gasteiger partial charge is 0.494 e. The minimum atomic E-state index is -0.239. The van der Waals surface area contributed by atoms with Crippen LogP contribution in [0.15, 0.2) is 24.3 Å². The van der Waals surface area contributed by atoms with Gasteiger partial charge in [-0.15, -0.1) is 0 Å². The van der Waals surface area contributed by atoms with Crippen LogP contribution < -0.4 is 4.74 Å². The van der Waals surface area contributed by atoms with Gasteiger partial charge in [0, 0.05) is 11.8 Å². The van der Waals surface area contributed by atoms with Gasteiger partial charge in [-0.25, -0.2) is 0 Å². The molecule has 17 heavy (non-hydrogen) atoms. The highest BCUT2D eigenvalue weighted by Crippen LogP contribution is 2.20. The molecule has 0 saturated carbocycles. The van der Waals surface area contributed by atoms with Crippen LogP contribution in [0.5, 0.6) is 5.75 Å². The smallest absolute Gasteiger partial charge is 0.138 e. The molecule has 94 valence electrons. The first-order valence-corrected chi connectivity index (χ1v) is 6.18. The van der Waals surface area contributed by atoms with Gasteiger partial charge in [-0.05, 0) is 31.0 Å². The molecule has 1 aromatic rings. The van der Waals surface area contributed by atoms with Crippen LogP contribution in [0.1, 0.15) is 39.7 Å². The van der Waals surface area contributed by atoms with Crippen molar-refractivity contribution in [2.75, 3.05) is 6.61 Å². The Morgan fingerprint density at radius 1 is 1.29 bits per heavy atom. The van der Waals surface area contributed by atoms with Crippen molar-refractivity contribution in [2.45, 2.75) is 40.5 Å². The topological polar surface area (TPSA) is 26.3 Å². The zero-order chi connectivity index (χ0) is 12.9. The molecule has 0 radical (unpaired) electrons. The first-order valence-electron chi connectivity index (χ1n) is 6.18. The van der Waals surface area contributed by atoms with Crippen molar-refractivity contribution in [3.05, 3.63) is 29.8 Å². The Morgan fingerprint density at radius 2 is 2.00 bits per heavy atom. The molecule has 0 atom stereocenters. The molecule has 1 rings (SSSR count). The Kier molecular flexibility index (Phi) is 4.73. The van der Waals surface area contributed by atoms with E-state index in [1.165, 1.54) is 0 Å². The molecule has 0 N–H and O–H groups in total. The van der Waals surface area contributed by atoms with Crippen molar-refractivity contribution in [2.24, 2.45) is 5.41 Å². The third-order valence-electron chi connectivity index (χ3n) is 2.69. The maximum atomic E-state index is 11.8. The number of Topliss-reactive ketones (excluding diaryl/α,β-unsaturated/α-hetero) is 1. The number of ether oxygens (including phenoxy) is 1. The Bertz CT molecular complexity index is 375. The van der Waals surface area contributed by atoms with Gasteiger partial charge in [-0.1, -0.05) is 32.9 Å². The maximum Gasteiger partial charge on any atom is 0.138 e. The number of ketones is 1. The second kappa shape index (κ2) is 5.85. The van der Waals surface area contributed by atoms with Gasteiger partial charge in [0.2, 0.25) is 0 Å². The highest BCUT2D eigenvalue weighted by atomic mass is 16.5. The molecule has 0 heterocycles. The molecule has 0 saturated heterocycles. The Morgan fingerprint density at radius 3 is 2.59 bits per heavy atom. The number of aryl methyl sites for hydroxylation is 1. The van der Waals surface area contributed by atoms with E-state index in [9.17, 15) is 4.79 Å². The van der Waals surface area contributed by atoms with Crippen LogP contribution in [0.25, 0.3) is 0 Å². The predicted molar refractivity (Wildman–Crippen MR) is 70.4 cm³/mol. The molecule has 1 aromatic carbocycles. The lowest BCUT2D eigenvalue weighted by Crippen LogP contribution is -2.20. The van der Waals surface area contributed by atoms with E-state index in [4.69, 9.17) is 4.74 Å². The molecule has 0 aliphatic rings. The van der Waals surface area contributed by atoms with Gasteiger partial charge in [-0.2, -0.15) is 0 Å². The lowest BCUT2D eigenvalue weighted by Gasteiger charge is -2.16. The normalized spacial score (nSPS) is 11.3. The lowest BCUT2D eigenvalue weighted by atomic mass is 9.87. The van der Waals surface area contributed by atoms with Crippen LogP contribution in [0.4, 0.5) is 0 Å². The first-order chi connectivity index (χ1) is 7.93. The fraction of sp³-hybridized carbons (Fsp3) is 0.533. The number of benzene rings is 1. The van der Waals surface area contributed by atoms with Gasteiger partial charge >= 0.3 is 0 Å². The van der Waals surface area contributed by atoms with Crippen molar-refractivity contribution in [3.63, 3.8) is 0 Å². The molecule has 0 fully saturated rings. The van der Waals surface area contributed by atoms with E-state index in [1.807, 2.05) is 52.0 Å². The number of carbonyl (C=O) groups excluding carboxylic acids is 1. The van der Waals surface area contributed by atoms with Crippen LogP contribution in [0, 0.1) is 5.41 Å². The van der Waals surface area contributed by atoms with Crippen LogP contribution in [0.3, 0.4) is 0 Å². The summed E-state index contributed by atoms with van der Waals surface area (Å²) < 4.78 is 5.44. The number of carbonyl (C=O) groups is 1. The minimum absolute atomic E-state index is 0.239. The van der Waals surface area contributed by atoms with Crippen LogP contribution in [-0.4, -0.2) is 12.4 Å². The Hall–Kier alpha value is -1.31. The summed E-state index contributed by atoms with van der Waals surface area (Å²) in [5, 5.41) is 0. The van der Waals surface area contributed by atoms with Gasteiger partial charge in [0.1, 0.15) is 11.5 Å². The molecule has 2 heteroatoms. The SMILES string of the molecule is CCOc1cccc(CCC(=O)C(C)(C)C)c1. The zero-order valence-corrected chi connectivity index (χ0v) is 11.2. The summed E-state index contributed by atoms with van der Waals surface area (Å²) in [7, 11) is 0.